The second kappa shape index (κ2) is 6.75. The van der Waals surface area contributed by atoms with Crippen molar-refractivity contribution in [1.82, 2.24) is 9.78 Å². The van der Waals surface area contributed by atoms with Gasteiger partial charge in [0.2, 0.25) is 0 Å². The molecule has 2 N–H and O–H groups in total. The molecule has 1 aliphatic heterocycles. The van der Waals surface area contributed by atoms with Gasteiger partial charge in [0.05, 0.1) is 24.5 Å². The quantitative estimate of drug-likeness (QED) is 0.891. The maximum Gasteiger partial charge on any atom is 0.280 e. The van der Waals surface area contributed by atoms with Crippen molar-refractivity contribution < 1.29 is 9.69 Å². The number of carbonyl (C=O) groups excluding carboxylic acids is 1. The molecule has 0 aliphatic carbocycles. The molecule has 1 saturated heterocycles. The van der Waals surface area contributed by atoms with Crippen molar-refractivity contribution in [3.05, 3.63) is 42.1 Å². The Morgan fingerprint density at radius 1 is 1.23 bits per heavy atom. The predicted molar refractivity (Wildman–Crippen MR) is 86.3 cm³/mol. The molecule has 3 rings (SSSR count). The van der Waals surface area contributed by atoms with E-state index in [-0.39, 0.29) is 5.91 Å². The van der Waals surface area contributed by atoms with E-state index in [1.807, 2.05) is 43.3 Å². The Morgan fingerprint density at radius 2 is 1.95 bits per heavy atom. The number of carbonyl (C=O) groups is 1. The summed E-state index contributed by atoms with van der Waals surface area (Å²) in [6, 6.07) is 11.8. The van der Waals surface area contributed by atoms with Crippen LogP contribution in [0.25, 0.3) is 5.69 Å². The summed E-state index contributed by atoms with van der Waals surface area (Å²) >= 11 is 0. The fraction of sp³-hybridized carbons (Fsp3) is 0.412. The van der Waals surface area contributed by atoms with Gasteiger partial charge in [-0.2, -0.15) is 5.10 Å². The number of amides is 1. The molecule has 5 nitrogen and oxygen atoms in total. The normalized spacial score (nSPS) is 15.7. The Morgan fingerprint density at radius 3 is 2.68 bits per heavy atom. The SMILES string of the molecule is Cc1cc(NC(=O)C[NH+]2CCCCC2)n(-c2ccccc2)n1. The van der Waals surface area contributed by atoms with E-state index >= 15 is 0 Å². The lowest BCUT2D eigenvalue weighted by Crippen LogP contribution is -3.13. The van der Waals surface area contributed by atoms with Crippen LogP contribution >= 0.6 is 0 Å². The highest BCUT2D eigenvalue weighted by molar-refractivity contribution is 5.91. The maximum atomic E-state index is 12.3. The van der Waals surface area contributed by atoms with E-state index in [1.54, 1.807) is 4.68 Å². The molecule has 1 aromatic carbocycles. The third-order valence-corrected chi connectivity index (χ3v) is 4.07. The Hall–Kier alpha value is -2.14. The van der Waals surface area contributed by atoms with Crippen LogP contribution in [-0.2, 0) is 4.79 Å². The number of rotatable bonds is 4. The van der Waals surface area contributed by atoms with E-state index in [2.05, 4.69) is 10.4 Å². The van der Waals surface area contributed by atoms with E-state index < -0.39 is 0 Å². The smallest absolute Gasteiger partial charge is 0.280 e. The minimum atomic E-state index is 0.0639. The first-order chi connectivity index (χ1) is 10.7. The second-order valence-electron chi connectivity index (χ2n) is 5.95. The van der Waals surface area contributed by atoms with Gasteiger partial charge in [-0.3, -0.25) is 4.79 Å². The molecule has 2 aromatic rings. The van der Waals surface area contributed by atoms with Crippen molar-refractivity contribution in [3.63, 3.8) is 0 Å². The molecule has 0 unspecified atom stereocenters. The molecular weight excluding hydrogens is 276 g/mol. The van der Waals surface area contributed by atoms with E-state index in [0.29, 0.717) is 6.54 Å². The van der Waals surface area contributed by atoms with Gasteiger partial charge in [-0.15, -0.1) is 0 Å². The van der Waals surface area contributed by atoms with Gasteiger partial charge in [0.1, 0.15) is 5.82 Å². The molecule has 0 atom stereocenters. The van der Waals surface area contributed by atoms with E-state index in [4.69, 9.17) is 0 Å². The molecule has 0 bridgehead atoms. The summed E-state index contributed by atoms with van der Waals surface area (Å²) in [7, 11) is 0. The Labute approximate surface area is 130 Å². The zero-order valence-electron chi connectivity index (χ0n) is 13.0. The number of aryl methyl sites for hydroxylation is 1. The van der Waals surface area contributed by atoms with E-state index in [1.165, 1.54) is 24.2 Å². The van der Waals surface area contributed by atoms with Gasteiger partial charge < -0.3 is 10.2 Å². The van der Waals surface area contributed by atoms with Crippen molar-refractivity contribution in [2.45, 2.75) is 26.2 Å². The summed E-state index contributed by atoms with van der Waals surface area (Å²) in [6.07, 6.45) is 3.75. The van der Waals surface area contributed by atoms with Crippen LogP contribution in [0.1, 0.15) is 25.0 Å². The molecule has 1 aliphatic rings. The maximum absolute atomic E-state index is 12.3. The van der Waals surface area contributed by atoms with Crippen molar-refractivity contribution in [2.75, 3.05) is 25.0 Å². The number of nitrogens with zero attached hydrogens (tertiary/aromatic N) is 2. The highest BCUT2D eigenvalue weighted by Gasteiger charge is 2.18. The average molecular weight is 299 g/mol. The number of piperidine rings is 1. The largest absolute Gasteiger partial charge is 0.327 e. The molecular formula is C17H23N4O+. The molecule has 1 fully saturated rings. The number of quaternary nitrogens is 1. The molecule has 2 heterocycles. The third-order valence-electron chi connectivity index (χ3n) is 4.07. The fourth-order valence-corrected chi connectivity index (χ4v) is 3.00. The highest BCUT2D eigenvalue weighted by atomic mass is 16.2. The Bertz CT molecular complexity index is 629. The minimum Gasteiger partial charge on any atom is -0.327 e. The van der Waals surface area contributed by atoms with Crippen molar-refractivity contribution in [1.29, 1.82) is 0 Å². The van der Waals surface area contributed by atoms with Crippen molar-refractivity contribution in [2.24, 2.45) is 0 Å². The number of likely N-dealkylation sites (tertiary alicyclic amines) is 1. The van der Waals surface area contributed by atoms with Crippen LogP contribution in [0, 0.1) is 6.92 Å². The first-order valence-electron chi connectivity index (χ1n) is 7.98. The monoisotopic (exact) mass is 299 g/mol. The summed E-state index contributed by atoms with van der Waals surface area (Å²) in [6.45, 7) is 4.68. The standard InChI is InChI=1S/C17H22N4O/c1-14-12-16(21(19-14)15-8-4-2-5-9-15)18-17(22)13-20-10-6-3-7-11-20/h2,4-5,8-9,12H,3,6-7,10-11,13H2,1H3,(H,18,22)/p+1. The van der Waals surface area contributed by atoms with E-state index in [0.717, 1.165) is 30.3 Å². The minimum absolute atomic E-state index is 0.0639. The van der Waals surface area contributed by atoms with Gasteiger partial charge in [0, 0.05) is 6.07 Å². The zero-order chi connectivity index (χ0) is 15.4. The number of nitrogens with one attached hydrogen (secondary N) is 2. The molecule has 5 heteroatoms. The molecule has 116 valence electrons. The lowest BCUT2D eigenvalue weighted by atomic mass is 10.1. The van der Waals surface area contributed by atoms with Crippen LogP contribution in [0.4, 0.5) is 5.82 Å². The van der Waals surface area contributed by atoms with Gasteiger partial charge in [-0.05, 0) is 38.3 Å². The number of aromatic nitrogens is 2. The van der Waals surface area contributed by atoms with Crippen LogP contribution < -0.4 is 10.2 Å². The summed E-state index contributed by atoms with van der Waals surface area (Å²) in [5.41, 5.74) is 1.85. The zero-order valence-corrected chi connectivity index (χ0v) is 13.0. The summed E-state index contributed by atoms with van der Waals surface area (Å²) in [4.78, 5) is 13.7. The lowest BCUT2D eigenvalue weighted by molar-refractivity contribution is -0.896. The fourth-order valence-electron chi connectivity index (χ4n) is 3.00. The van der Waals surface area contributed by atoms with Crippen molar-refractivity contribution >= 4 is 11.7 Å². The third kappa shape index (κ3) is 3.54. The Balaban J connectivity index is 1.71. The van der Waals surface area contributed by atoms with Crippen LogP contribution in [0.2, 0.25) is 0 Å². The molecule has 22 heavy (non-hydrogen) atoms. The van der Waals surface area contributed by atoms with Gasteiger partial charge in [0.25, 0.3) is 5.91 Å². The first kappa shape index (κ1) is 14.8. The van der Waals surface area contributed by atoms with Crippen LogP contribution in [0.3, 0.4) is 0 Å². The van der Waals surface area contributed by atoms with Gasteiger partial charge in [0.15, 0.2) is 6.54 Å². The molecule has 1 amide bonds. The molecule has 0 spiro atoms. The summed E-state index contributed by atoms with van der Waals surface area (Å²) < 4.78 is 1.79. The topological polar surface area (TPSA) is 51.4 Å². The van der Waals surface area contributed by atoms with E-state index in [9.17, 15) is 4.79 Å². The van der Waals surface area contributed by atoms with Crippen LogP contribution in [0.15, 0.2) is 36.4 Å². The first-order valence-corrected chi connectivity index (χ1v) is 7.98. The highest BCUT2D eigenvalue weighted by Crippen LogP contribution is 2.16. The lowest BCUT2D eigenvalue weighted by Gasteiger charge is -2.22. The number of hydrogen-bond donors (Lipinski definition) is 2. The Kier molecular flexibility index (Phi) is 4.53. The number of hydrogen-bond acceptors (Lipinski definition) is 2. The van der Waals surface area contributed by atoms with Gasteiger partial charge in [-0.1, -0.05) is 18.2 Å². The molecule has 1 aromatic heterocycles. The van der Waals surface area contributed by atoms with Crippen LogP contribution in [-0.4, -0.2) is 35.3 Å². The van der Waals surface area contributed by atoms with Gasteiger partial charge in [-0.25, -0.2) is 4.68 Å². The van der Waals surface area contributed by atoms with Gasteiger partial charge >= 0.3 is 0 Å². The summed E-state index contributed by atoms with van der Waals surface area (Å²) in [5.74, 6) is 0.805. The average Bonchev–Trinajstić information content (AvgIpc) is 2.89. The predicted octanol–water partition coefficient (Wildman–Crippen LogP) is 1.19. The second-order valence-corrected chi connectivity index (χ2v) is 5.95. The number of anilines is 1. The van der Waals surface area contributed by atoms with Crippen molar-refractivity contribution in [3.8, 4) is 5.69 Å². The summed E-state index contributed by atoms with van der Waals surface area (Å²) in [5, 5.41) is 7.49. The molecule has 0 radical (unpaired) electrons. The number of benzene rings is 1. The number of para-hydroxylation sites is 1. The van der Waals surface area contributed by atoms with Crippen LogP contribution in [0.5, 0.6) is 0 Å². The molecule has 0 saturated carbocycles.